The minimum Gasteiger partial charge on any atom is -0.371 e. The molecule has 5 heterocycles. The highest BCUT2D eigenvalue weighted by atomic mass is 16.2. The zero-order valence-corrected chi connectivity index (χ0v) is 23.9. The number of aromatic nitrogens is 4. The van der Waals surface area contributed by atoms with Gasteiger partial charge in [-0.05, 0) is 70.1 Å². The van der Waals surface area contributed by atoms with Crippen LogP contribution < -0.4 is 10.6 Å². The topological polar surface area (TPSA) is 132 Å². The molecule has 4 aromatic rings. The number of amides is 2. The number of nitrogens with one attached hydrogen (secondary N) is 3. The number of benzene rings is 1. The summed E-state index contributed by atoms with van der Waals surface area (Å²) < 4.78 is 0. The molecular weight excluding hydrogens is 530 g/mol. The van der Waals surface area contributed by atoms with Gasteiger partial charge in [-0.1, -0.05) is 12.1 Å². The van der Waals surface area contributed by atoms with Crippen LogP contribution in [0.25, 0.3) is 22.2 Å². The molecule has 0 atom stereocenters. The van der Waals surface area contributed by atoms with Gasteiger partial charge in [0.15, 0.2) is 11.5 Å². The average Bonchev–Trinajstić information content (AvgIpc) is 3.71. The van der Waals surface area contributed by atoms with E-state index in [4.69, 9.17) is 4.99 Å². The highest BCUT2D eigenvalue weighted by molar-refractivity contribution is 6.09. The van der Waals surface area contributed by atoms with Crippen LogP contribution in [0.2, 0.25) is 0 Å². The Morgan fingerprint density at radius 1 is 1.00 bits per heavy atom. The van der Waals surface area contributed by atoms with Gasteiger partial charge in [0.05, 0.1) is 28.5 Å². The SMILES string of the molecule is CN/C(=N\c1ccccc1C(=O)N1CCCC1)c1n[nH]c2ncc(-c3cncc(NC(=O)C4CCN(C)CC4)c3)cc12. The highest BCUT2D eigenvalue weighted by Crippen LogP contribution is 2.28. The van der Waals surface area contributed by atoms with Crippen molar-refractivity contribution in [3.8, 4) is 11.1 Å². The Labute approximate surface area is 244 Å². The first-order valence-electron chi connectivity index (χ1n) is 14.4. The molecule has 0 unspecified atom stereocenters. The number of nitrogens with zero attached hydrogens (tertiary/aromatic N) is 6. The second-order valence-electron chi connectivity index (χ2n) is 10.9. The number of likely N-dealkylation sites (tertiary alicyclic amines) is 2. The van der Waals surface area contributed by atoms with Crippen molar-refractivity contribution in [2.45, 2.75) is 25.7 Å². The Morgan fingerprint density at radius 3 is 2.55 bits per heavy atom. The minimum atomic E-state index is -0.00608. The molecule has 216 valence electrons. The molecule has 2 amide bonds. The molecular formula is C31H35N9O2. The van der Waals surface area contributed by atoms with Crippen molar-refractivity contribution < 1.29 is 9.59 Å². The summed E-state index contributed by atoms with van der Waals surface area (Å²) >= 11 is 0. The van der Waals surface area contributed by atoms with E-state index < -0.39 is 0 Å². The van der Waals surface area contributed by atoms with Crippen molar-refractivity contribution in [2.24, 2.45) is 10.9 Å². The van der Waals surface area contributed by atoms with Crippen molar-refractivity contribution in [1.82, 2.24) is 35.3 Å². The van der Waals surface area contributed by atoms with Gasteiger partial charge in [-0.3, -0.25) is 19.7 Å². The van der Waals surface area contributed by atoms with E-state index in [0.29, 0.717) is 34.1 Å². The lowest BCUT2D eigenvalue weighted by atomic mass is 9.96. The van der Waals surface area contributed by atoms with Crippen LogP contribution in [0, 0.1) is 5.92 Å². The maximum Gasteiger partial charge on any atom is 0.256 e. The van der Waals surface area contributed by atoms with Crippen LogP contribution in [0.3, 0.4) is 0 Å². The van der Waals surface area contributed by atoms with E-state index in [-0.39, 0.29) is 17.7 Å². The van der Waals surface area contributed by atoms with Crippen LogP contribution in [0.15, 0.2) is 60.0 Å². The average molecular weight is 566 g/mol. The summed E-state index contributed by atoms with van der Waals surface area (Å²) in [6, 6.07) is 11.3. The number of para-hydroxylation sites is 1. The Bertz CT molecular complexity index is 1630. The largest absolute Gasteiger partial charge is 0.371 e. The second kappa shape index (κ2) is 12.1. The summed E-state index contributed by atoms with van der Waals surface area (Å²) in [6.45, 7) is 3.39. The molecule has 2 aliphatic heterocycles. The quantitative estimate of drug-likeness (QED) is 0.239. The summed E-state index contributed by atoms with van der Waals surface area (Å²) in [6.07, 6.45) is 8.92. The number of rotatable bonds is 6. The highest BCUT2D eigenvalue weighted by Gasteiger charge is 2.24. The van der Waals surface area contributed by atoms with E-state index >= 15 is 0 Å². The van der Waals surface area contributed by atoms with E-state index in [1.165, 1.54) is 0 Å². The molecule has 6 rings (SSSR count). The van der Waals surface area contributed by atoms with Gasteiger partial charge < -0.3 is 20.4 Å². The number of hydrogen-bond donors (Lipinski definition) is 3. The van der Waals surface area contributed by atoms with Gasteiger partial charge in [-0.25, -0.2) is 9.98 Å². The molecule has 2 aliphatic rings. The smallest absolute Gasteiger partial charge is 0.256 e. The number of carbonyl (C=O) groups excluding carboxylic acids is 2. The second-order valence-corrected chi connectivity index (χ2v) is 10.9. The third-order valence-corrected chi connectivity index (χ3v) is 8.07. The maximum atomic E-state index is 13.2. The van der Waals surface area contributed by atoms with Gasteiger partial charge in [-0.15, -0.1) is 0 Å². The van der Waals surface area contributed by atoms with Crippen LogP contribution in [0.1, 0.15) is 41.7 Å². The molecule has 0 aliphatic carbocycles. The summed E-state index contributed by atoms with van der Waals surface area (Å²) in [7, 11) is 3.86. The fraction of sp³-hybridized carbons (Fsp3) is 0.355. The molecule has 42 heavy (non-hydrogen) atoms. The molecule has 1 aromatic carbocycles. The van der Waals surface area contributed by atoms with Gasteiger partial charge in [0.2, 0.25) is 5.91 Å². The van der Waals surface area contributed by atoms with E-state index in [1.807, 2.05) is 41.3 Å². The predicted octanol–water partition coefficient (Wildman–Crippen LogP) is 3.83. The summed E-state index contributed by atoms with van der Waals surface area (Å²) in [5, 5.41) is 14.5. The molecule has 0 saturated carbocycles. The molecule has 0 radical (unpaired) electrons. The Balaban J connectivity index is 1.28. The van der Waals surface area contributed by atoms with Gasteiger partial charge in [-0.2, -0.15) is 5.10 Å². The third-order valence-electron chi connectivity index (χ3n) is 8.07. The van der Waals surface area contributed by atoms with E-state index in [2.05, 4.69) is 42.7 Å². The minimum absolute atomic E-state index is 0.00592. The Hall–Kier alpha value is -4.64. The first-order valence-corrected chi connectivity index (χ1v) is 14.4. The lowest BCUT2D eigenvalue weighted by Gasteiger charge is -2.28. The van der Waals surface area contributed by atoms with Crippen molar-refractivity contribution >= 4 is 40.1 Å². The summed E-state index contributed by atoms with van der Waals surface area (Å²) in [5.41, 5.74) is 4.64. The number of hydrogen-bond acceptors (Lipinski definition) is 7. The van der Waals surface area contributed by atoms with Crippen molar-refractivity contribution in [1.29, 1.82) is 0 Å². The van der Waals surface area contributed by atoms with Crippen molar-refractivity contribution in [2.75, 3.05) is 45.6 Å². The predicted molar refractivity (Wildman–Crippen MR) is 163 cm³/mol. The molecule has 11 nitrogen and oxygen atoms in total. The summed E-state index contributed by atoms with van der Waals surface area (Å²) in [4.78, 5) is 44.0. The van der Waals surface area contributed by atoms with Crippen molar-refractivity contribution in [3.63, 3.8) is 0 Å². The Morgan fingerprint density at radius 2 is 1.76 bits per heavy atom. The zero-order valence-electron chi connectivity index (χ0n) is 23.9. The molecule has 3 N–H and O–H groups in total. The number of anilines is 1. The standard InChI is InChI=1S/C31H35N9O2/c1-32-29(36-26-8-4-3-7-24(26)31(42)40-11-5-6-12-40)27-25-16-22(18-34-28(25)38-37-27)21-15-23(19-33-17-21)35-30(41)20-9-13-39(2)14-10-20/h3-4,7-8,15-20H,5-6,9-14H2,1-2H3,(H,32,36)(H,35,41)(H,34,37,38). The number of carbonyl (C=O) groups is 2. The van der Waals surface area contributed by atoms with Gasteiger partial charge >= 0.3 is 0 Å². The number of amidine groups is 1. The van der Waals surface area contributed by atoms with Crippen LogP contribution in [0.4, 0.5) is 11.4 Å². The number of aromatic amines is 1. The number of pyridine rings is 2. The zero-order chi connectivity index (χ0) is 29.1. The number of fused-ring (bicyclic) bond motifs is 1. The van der Waals surface area contributed by atoms with Crippen LogP contribution in [0.5, 0.6) is 0 Å². The first kappa shape index (κ1) is 27.5. The first-order chi connectivity index (χ1) is 20.5. The van der Waals surface area contributed by atoms with Gasteiger partial charge in [0.25, 0.3) is 5.91 Å². The summed E-state index contributed by atoms with van der Waals surface area (Å²) in [5.74, 6) is 0.546. The van der Waals surface area contributed by atoms with E-state index in [0.717, 1.165) is 68.4 Å². The van der Waals surface area contributed by atoms with Crippen LogP contribution in [-0.2, 0) is 4.79 Å². The normalized spacial score (nSPS) is 16.6. The van der Waals surface area contributed by atoms with E-state index in [1.54, 1.807) is 25.6 Å². The number of aliphatic imine (C=N–C) groups is 1. The fourth-order valence-corrected chi connectivity index (χ4v) is 5.61. The van der Waals surface area contributed by atoms with Crippen LogP contribution in [-0.4, -0.2) is 87.9 Å². The monoisotopic (exact) mass is 565 g/mol. The van der Waals surface area contributed by atoms with E-state index in [9.17, 15) is 9.59 Å². The lowest BCUT2D eigenvalue weighted by Crippen LogP contribution is -2.35. The molecule has 3 aromatic heterocycles. The number of piperidine rings is 1. The molecule has 2 fully saturated rings. The number of H-pyrrole nitrogens is 1. The molecule has 2 saturated heterocycles. The third kappa shape index (κ3) is 5.73. The molecule has 11 heteroatoms. The maximum absolute atomic E-state index is 13.2. The fourth-order valence-electron chi connectivity index (χ4n) is 5.61. The Kier molecular flexibility index (Phi) is 7.91. The molecule has 0 bridgehead atoms. The van der Waals surface area contributed by atoms with Crippen molar-refractivity contribution in [3.05, 3.63) is 66.2 Å². The lowest BCUT2D eigenvalue weighted by molar-refractivity contribution is -0.121. The van der Waals surface area contributed by atoms with Gasteiger partial charge in [0, 0.05) is 49.6 Å². The van der Waals surface area contributed by atoms with Crippen LogP contribution >= 0.6 is 0 Å². The van der Waals surface area contributed by atoms with Gasteiger partial charge in [0.1, 0.15) is 5.69 Å². The molecule has 0 spiro atoms.